The summed E-state index contributed by atoms with van der Waals surface area (Å²) < 4.78 is 10.8. The van der Waals surface area contributed by atoms with Crippen molar-refractivity contribution in [2.24, 2.45) is 5.73 Å². The van der Waals surface area contributed by atoms with Crippen LogP contribution in [0.15, 0.2) is 0 Å². The fourth-order valence-electron chi connectivity index (χ4n) is 2.43. The molecule has 1 saturated heterocycles. The first kappa shape index (κ1) is 17.4. The van der Waals surface area contributed by atoms with Crippen molar-refractivity contribution in [3.05, 3.63) is 0 Å². The lowest BCUT2D eigenvalue weighted by atomic mass is 9.98. The molecule has 0 bridgehead atoms. The quantitative estimate of drug-likeness (QED) is 0.686. The minimum absolute atomic E-state index is 0.309. The zero-order valence-electron chi connectivity index (χ0n) is 13.2. The van der Waals surface area contributed by atoms with Crippen molar-refractivity contribution >= 4 is 5.97 Å². The Labute approximate surface area is 122 Å². The van der Waals surface area contributed by atoms with Crippen LogP contribution in [-0.4, -0.2) is 55.4 Å². The van der Waals surface area contributed by atoms with Crippen LogP contribution in [-0.2, 0) is 14.3 Å². The Kier molecular flexibility index (Phi) is 7.48. The van der Waals surface area contributed by atoms with Crippen LogP contribution in [0.3, 0.4) is 0 Å². The molecule has 0 aromatic heterocycles. The van der Waals surface area contributed by atoms with Gasteiger partial charge < -0.3 is 20.1 Å². The monoisotopic (exact) mass is 286 g/mol. The number of hydrogen-bond acceptors (Lipinski definition) is 5. The molecule has 1 aliphatic rings. The number of ether oxygens (including phenoxy) is 2. The van der Waals surface area contributed by atoms with Crippen LogP contribution >= 0.6 is 0 Å². The predicted octanol–water partition coefficient (Wildman–Crippen LogP) is 1.55. The molecular formula is C15H30N2O3. The molecule has 0 aromatic rings. The molecule has 5 heteroatoms. The molecule has 1 rings (SSSR count). The van der Waals surface area contributed by atoms with Gasteiger partial charge in [-0.25, -0.2) is 0 Å². The van der Waals surface area contributed by atoms with E-state index >= 15 is 0 Å². The number of carbonyl (C=O) groups excluding carboxylic acids is 1. The Balaban J connectivity index is 2.34. The van der Waals surface area contributed by atoms with E-state index in [-0.39, 0.29) is 5.97 Å². The van der Waals surface area contributed by atoms with E-state index in [0.29, 0.717) is 19.1 Å². The van der Waals surface area contributed by atoms with Crippen LogP contribution in [0.1, 0.15) is 46.5 Å². The van der Waals surface area contributed by atoms with Gasteiger partial charge in [-0.2, -0.15) is 0 Å². The van der Waals surface area contributed by atoms with Crippen molar-refractivity contribution in [3.63, 3.8) is 0 Å². The van der Waals surface area contributed by atoms with Crippen molar-refractivity contribution in [3.8, 4) is 0 Å². The first-order valence-electron chi connectivity index (χ1n) is 7.79. The van der Waals surface area contributed by atoms with Gasteiger partial charge in [0.1, 0.15) is 5.54 Å². The second-order valence-corrected chi connectivity index (χ2v) is 5.82. The Morgan fingerprint density at radius 1 is 1.45 bits per heavy atom. The minimum Gasteiger partial charge on any atom is -0.465 e. The van der Waals surface area contributed by atoms with Crippen LogP contribution < -0.4 is 5.73 Å². The van der Waals surface area contributed by atoms with Crippen molar-refractivity contribution in [1.29, 1.82) is 0 Å². The van der Waals surface area contributed by atoms with E-state index in [9.17, 15) is 4.79 Å². The zero-order chi connectivity index (χ0) is 15.0. The van der Waals surface area contributed by atoms with Gasteiger partial charge in [-0.1, -0.05) is 6.92 Å². The van der Waals surface area contributed by atoms with Crippen LogP contribution in [0.2, 0.25) is 0 Å². The Hall–Kier alpha value is -0.650. The number of nitrogens with zero attached hydrogens (tertiary/aromatic N) is 1. The average Bonchev–Trinajstić information content (AvgIpc) is 2.44. The molecule has 0 radical (unpaired) electrons. The lowest BCUT2D eigenvalue weighted by Crippen LogP contribution is -2.50. The molecule has 1 fully saturated rings. The molecule has 2 unspecified atom stereocenters. The Morgan fingerprint density at radius 3 is 2.85 bits per heavy atom. The van der Waals surface area contributed by atoms with E-state index in [4.69, 9.17) is 15.2 Å². The van der Waals surface area contributed by atoms with Gasteiger partial charge in [0.2, 0.25) is 0 Å². The largest absolute Gasteiger partial charge is 0.465 e. The summed E-state index contributed by atoms with van der Waals surface area (Å²) in [4.78, 5) is 14.1. The number of nitrogens with two attached hydrogens (primary N) is 1. The van der Waals surface area contributed by atoms with Gasteiger partial charge in [-0.15, -0.1) is 0 Å². The molecular weight excluding hydrogens is 256 g/mol. The molecule has 5 nitrogen and oxygen atoms in total. The van der Waals surface area contributed by atoms with Gasteiger partial charge in [0.15, 0.2) is 0 Å². The van der Waals surface area contributed by atoms with Gasteiger partial charge in [-0.3, -0.25) is 4.79 Å². The highest BCUT2D eigenvalue weighted by atomic mass is 16.5. The molecule has 1 aliphatic heterocycles. The standard InChI is InChI=1S/C15H30N2O3/c1-4-11-20-13-7-6-9-17(12-13)10-8-15(3,16)14(18)19-5-2/h13H,4-12,16H2,1-3H3. The summed E-state index contributed by atoms with van der Waals surface area (Å²) in [7, 11) is 0. The minimum atomic E-state index is -0.896. The first-order valence-corrected chi connectivity index (χ1v) is 7.79. The number of likely N-dealkylation sites (tertiary alicyclic amines) is 1. The van der Waals surface area contributed by atoms with E-state index < -0.39 is 5.54 Å². The third-order valence-corrected chi connectivity index (χ3v) is 3.71. The van der Waals surface area contributed by atoms with Gasteiger partial charge >= 0.3 is 5.97 Å². The summed E-state index contributed by atoms with van der Waals surface area (Å²) >= 11 is 0. The normalized spacial score (nSPS) is 23.3. The highest BCUT2D eigenvalue weighted by Gasteiger charge is 2.31. The molecule has 0 saturated carbocycles. The van der Waals surface area contributed by atoms with E-state index in [0.717, 1.165) is 45.5 Å². The maximum absolute atomic E-state index is 11.8. The molecule has 2 atom stereocenters. The molecule has 0 aromatic carbocycles. The second kappa shape index (κ2) is 8.60. The summed E-state index contributed by atoms with van der Waals surface area (Å²) in [5, 5.41) is 0. The van der Waals surface area contributed by atoms with Gasteiger partial charge in [0, 0.05) is 19.7 Å². The molecule has 1 heterocycles. The molecule has 20 heavy (non-hydrogen) atoms. The summed E-state index contributed by atoms with van der Waals surface area (Å²) in [5.74, 6) is -0.309. The molecule has 118 valence electrons. The van der Waals surface area contributed by atoms with Crippen LogP contribution in [0.5, 0.6) is 0 Å². The molecule has 0 spiro atoms. The fraction of sp³-hybridized carbons (Fsp3) is 0.933. The average molecular weight is 286 g/mol. The lowest BCUT2D eigenvalue weighted by molar-refractivity contribution is -0.149. The zero-order valence-corrected chi connectivity index (χ0v) is 13.2. The number of esters is 1. The topological polar surface area (TPSA) is 64.8 Å². The van der Waals surface area contributed by atoms with Crippen LogP contribution in [0, 0.1) is 0 Å². The molecule has 0 amide bonds. The molecule has 2 N–H and O–H groups in total. The maximum atomic E-state index is 11.8. The van der Waals surface area contributed by atoms with E-state index in [1.54, 1.807) is 13.8 Å². The summed E-state index contributed by atoms with van der Waals surface area (Å²) in [6, 6.07) is 0. The summed E-state index contributed by atoms with van der Waals surface area (Å²) in [5.41, 5.74) is 5.15. The number of hydrogen-bond donors (Lipinski definition) is 1. The van der Waals surface area contributed by atoms with Crippen molar-refractivity contribution in [2.45, 2.75) is 58.1 Å². The Morgan fingerprint density at radius 2 is 2.20 bits per heavy atom. The highest BCUT2D eigenvalue weighted by molar-refractivity contribution is 5.79. The highest BCUT2D eigenvalue weighted by Crippen LogP contribution is 2.16. The van der Waals surface area contributed by atoms with Crippen LogP contribution in [0.4, 0.5) is 0 Å². The Bertz CT molecular complexity index is 295. The van der Waals surface area contributed by atoms with Gasteiger partial charge in [0.05, 0.1) is 12.7 Å². The van der Waals surface area contributed by atoms with Crippen molar-refractivity contribution in [1.82, 2.24) is 4.90 Å². The maximum Gasteiger partial charge on any atom is 0.325 e. The smallest absolute Gasteiger partial charge is 0.325 e. The summed E-state index contributed by atoms with van der Waals surface area (Å²) in [6.45, 7) is 9.70. The van der Waals surface area contributed by atoms with E-state index in [2.05, 4.69) is 11.8 Å². The van der Waals surface area contributed by atoms with Gasteiger partial charge in [-0.05, 0) is 46.1 Å². The van der Waals surface area contributed by atoms with E-state index in [1.807, 2.05) is 0 Å². The van der Waals surface area contributed by atoms with Crippen molar-refractivity contribution < 1.29 is 14.3 Å². The lowest BCUT2D eigenvalue weighted by Gasteiger charge is -2.34. The number of rotatable bonds is 8. The van der Waals surface area contributed by atoms with Gasteiger partial charge in [0.25, 0.3) is 0 Å². The van der Waals surface area contributed by atoms with E-state index in [1.165, 1.54) is 0 Å². The summed E-state index contributed by atoms with van der Waals surface area (Å²) in [6.07, 6.45) is 4.28. The fourth-order valence-corrected chi connectivity index (χ4v) is 2.43. The first-order chi connectivity index (χ1) is 9.49. The third-order valence-electron chi connectivity index (χ3n) is 3.71. The number of piperidine rings is 1. The number of carbonyl (C=O) groups is 1. The molecule has 0 aliphatic carbocycles. The third kappa shape index (κ3) is 5.77. The van der Waals surface area contributed by atoms with Crippen molar-refractivity contribution in [2.75, 3.05) is 32.8 Å². The predicted molar refractivity (Wildman–Crippen MR) is 79.5 cm³/mol. The second-order valence-electron chi connectivity index (χ2n) is 5.82. The SMILES string of the molecule is CCCOC1CCCN(CCC(C)(N)C(=O)OCC)C1. The van der Waals surface area contributed by atoms with Crippen LogP contribution in [0.25, 0.3) is 0 Å².